The van der Waals surface area contributed by atoms with Crippen molar-refractivity contribution in [3.05, 3.63) is 77.6 Å². The van der Waals surface area contributed by atoms with Gasteiger partial charge in [-0.1, -0.05) is 75.4 Å². The summed E-state index contributed by atoms with van der Waals surface area (Å²) in [5.41, 5.74) is 10.4. The standard InChI is InChI=1S/C23H28N4O/c1-23(2,3)18-11-9-17(10-12-18)21-25-15-19(27-21)13-20(24)22(28)26-14-16-7-5-4-6-8-16/h4-12,15,20H,13-14,24H2,1-3H3,(H,25,27)(H,26,28)/t20-/m0/s1. The highest BCUT2D eigenvalue weighted by Gasteiger charge is 2.16. The van der Waals surface area contributed by atoms with Gasteiger partial charge in [-0.15, -0.1) is 0 Å². The van der Waals surface area contributed by atoms with E-state index in [4.69, 9.17) is 5.73 Å². The summed E-state index contributed by atoms with van der Waals surface area (Å²) >= 11 is 0. The van der Waals surface area contributed by atoms with Crippen LogP contribution in [0, 0.1) is 0 Å². The summed E-state index contributed by atoms with van der Waals surface area (Å²) in [6.07, 6.45) is 2.16. The molecule has 0 spiro atoms. The van der Waals surface area contributed by atoms with Gasteiger partial charge in [0.15, 0.2) is 0 Å². The summed E-state index contributed by atoms with van der Waals surface area (Å²) in [5.74, 6) is 0.613. The van der Waals surface area contributed by atoms with Crippen molar-refractivity contribution in [2.45, 2.75) is 45.2 Å². The summed E-state index contributed by atoms with van der Waals surface area (Å²) in [6, 6.07) is 17.5. The normalized spacial score (nSPS) is 12.6. The van der Waals surface area contributed by atoms with Crippen molar-refractivity contribution < 1.29 is 4.79 Å². The van der Waals surface area contributed by atoms with Gasteiger partial charge in [0.1, 0.15) is 5.82 Å². The number of nitrogens with zero attached hydrogens (tertiary/aromatic N) is 1. The first-order valence-electron chi connectivity index (χ1n) is 9.55. The molecule has 2 aromatic carbocycles. The molecule has 0 radical (unpaired) electrons. The van der Waals surface area contributed by atoms with Gasteiger partial charge in [-0.05, 0) is 16.5 Å². The summed E-state index contributed by atoms with van der Waals surface area (Å²) in [7, 11) is 0. The number of carbonyl (C=O) groups excluding carboxylic acids is 1. The largest absolute Gasteiger partial charge is 0.351 e. The molecule has 0 aliphatic rings. The fourth-order valence-corrected chi connectivity index (χ4v) is 2.98. The molecule has 1 aromatic heterocycles. The van der Waals surface area contributed by atoms with E-state index in [1.807, 2.05) is 30.3 Å². The van der Waals surface area contributed by atoms with Gasteiger partial charge in [0.2, 0.25) is 5.91 Å². The number of aromatic nitrogens is 2. The Balaban J connectivity index is 1.58. The van der Waals surface area contributed by atoms with E-state index in [1.165, 1.54) is 5.56 Å². The van der Waals surface area contributed by atoms with Crippen molar-refractivity contribution in [3.8, 4) is 11.4 Å². The molecule has 5 nitrogen and oxygen atoms in total. The Morgan fingerprint density at radius 1 is 1.11 bits per heavy atom. The molecular formula is C23H28N4O. The summed E-state index contributed by atoms with van der Waals surface area (Å²) in [4.78, 5) is 20.0. The Hall–Kier alpha value is -2.92. The first kappa shape index (κ1) is 19.8. The maximum Gasteiger partial charge on any atom is 0.237 e. The lowest BCUT2D eigenvalue weighted by molar-refractivity contribution is -0.122. The number of amides is 1. The summed E-state index contributed by atoms with van der Waals surface area (Å²) < 4.78 is 0. The smallest absolute Gasteiger partial charge is 0.237 e. The zero-order chi connectivity index (χ0) is 20.1. The van der Waals surface area contributed by atoms with Crippen LogP contribution in [0.2, 0.25) is 0 Å². The molecule has 5 heteroatoms. The maximum atomic E-state index is 12.3. The predicted octanol–water partition coefficient (Wildman–Crippen LogP) is 3.56. The fraction of sp³-hybridized carbons (Fsp3) is 0.304. The van der Waals surface area contributed by atoms with Crippen molar-refractivity contribution in [2.24, 2.45) is 5.73 Å². The van der Waals surface area contributed by atoms with Gasteiger partial charge in [0.25, 0.3) is 0 Å². The van der Waals surface area contributed by atoms with E-state index in [2.05, 4.69) is 60.3 Å². The van der Waals surface area contributed by atoms with Crippen LogP contribution in [-0.4, -0.2) is 21.9 Å². The molecule has 0 aliphatic heterocycles. The molecule has 28 heavy (non-hydrogen) atoms. The number of benzene rings is 2. The van der Waals surface area contributed by atoms with Crippen molar-refractivity contribution in [1.29, 1.82) is 0 Å². The van der Waals surface area contributed by atoms with Gasteiger partial charge in [0.05, 0.1) is 6.04 Å². The molecule has 146 valence electrons. The molecule has 1 amide bonds. The molecular weight excluding hydrogens is 348 g/mol. The first-order valence-corrected chi connectivity index (χ1v) is 9.55. The van der Waals surface area contributed by atoms with E-state index in [0.717, 1.165) is 22.6 Å². The summed E-state index contributed by atoms with van der Waals surface area (Å²) in [6.45, 7) is 7.05. The van der Waals surface area contributed by atoms with E-state index in [-0.39, 0.29) is 11.3 Å². The lowest BCUT2D eigenvalue weighted by atomic mass is 9.87. The van der Waals surface area contributed by atoms with E-state index in [0.29, 0.717) is 13.0 Å². The molecule has 4 N–H and O–H groups in total. The Morgan fingerprint density at radius 3 is 2.43 bits per heavy atom. The third kappa shape index (κ3) is 5.08. The lowest BCUT2D eigenvalue weighted by Crippen LogP contribution is -2.41. The van der Waals surface area contributed by atoms with Crippen LogP contribution in [-0.2, 0) is 23.2 Å². The molecule has 0 fully saturated rings. The molecule has 1 heterocycles. The second-order valence-electron chi connectivity index (χ2n) is 8.10. The number of carbonyl (C=O) groups is 1. The van der Waals surface area contributed by atoms with Gasteiger partial charge in [-0.25, -0.2) is 4.98 Å². The first-order chi connectivity index (χ1) is 13.3. The van der Waals surface area contributed by atoms with Crippen molar-refractivity contribution >= 4 is 5.91 Å². The topological polar surface area (TPSA) is 83.8 Å². The van der Waals surface area contributed by atoms with E-state index in [1.54, 1.807) is 6.20 Å². The number of nitrogens with two attached hydrogens (primary N) is 1. The van der Waals surface area contributed by atoms with Gasteiger partial charge >= 0.3 is 0 Å². The van der Waals surface area contributed by atoms with Crippen LogP contribution < -0.4 is 11.1 Å². The lowest BCUT2D eigenvalue weighted by Gasteiger charge is -2.18. The number of hydrogen-bond acceptors (Lipinski definition) is 3. The third-order valence-electron chi connectivity index (χ3n) is 4.74. The number of aromatic amines is 1. The predicted molar refractivity (Wildman–Crippen MR) is 113 cm³/mol. The van der Waals surface area contributed by atoms with Crippen molar-refractivity contribution in [2.75, 3.05) is 0 Å². The Morgan fingerprint density at radius 2 is 1.79 bits per heavy atom. The third-order valence-corrected chi connectivity index (χ3v) is 4.74. The zero-order valence-electron chi connectivity index (χ0n) is 16.7. The zero-order valence-corrected chi connectivity index (χ0v) is 16.7. The monoisotopic (exact) mass is 376 g/mol. The quantitative estimate of drug-likeness (QED) is 0.615. The van der Waals surface area contributed by atoms with Gasteiger partial charge in [0, 0.05) is 30.4 Å². The van der Waals surface area contributed by atoms with E-state index < -0.39 is 6.04 Å². The minimum absolute atomic E-state index is 0.118. The van der Waals surface area contributed by atoms with Gasteiger partial charge in [-0.2, -0.15) is 0 Å². The van der Waals surface area contributed by atoms with Crippen LogP contribution in [0.3, 0.4) is 0 Å². The fourth-order valence-electron chi connectivity index (χ4n) is 2.98. The van der Waals surface area contributed by atoms with Crippen LogP contribution in [0.15, 0.2) is 60.8 Å². The minimum Gasteiger partial charge on any atom is -0.351 e. The molecule has 0 unspecified atom stereocenters. The molecule has 3 rings (SSSR count). The number of nitrogens with one attached hydrogen (secondary N) is 2. The Labute approximate surface area is 166 Å². The Bertz CT molecular complexity index is 908. The molecule has 0 saturated heterocycles. The van der Waals surface area contributed by atoms with Crippen LogP contribution in [0.1, 0.15) is 37.6 Å². The number of imidazole rings is 1. The van der Waals surface area contributed by atoms with Crippen LogP contribution >= 0.6 is 0 Å². The summed E-state index contributed by atoms with van der Waals surface area (Å²) in [5, 5.41) is 2.88. The molecule has 0 bridgehead atoms. The molecule has 1 atom stereocenters. The highest BCUT2D eigenvalue weighted by Crippen LogP contribution is 2.25. The average molecular weight is 377 g/mol. The second-order valence-corrected chi connectivity index (χ2v) is 8.10. The van der Waals surface area contributed by atoms with E-state index >= 15 is 0 Å². The highest BCUT2D eigenvalue weighted by molar-refractivity contribution is 5.81. The molecule has 0 aliphatic carbocycles. The highest BCUT2D eigenvalue weighted by atomic mass is 16.2. The number of rotatable bonds is 6. The molecule has 3 aromatic rings. The average Bonchev–Trinajstić information content (AvgIpc) is 3.14. The van der Waals surface area contributed by atoms with Crippen LogP contribution in [0.4, 0.5) is 0 Å². The van der Waals surface area contributed by atoms with Gasteiger partial charge in [-0.3, -0.25) is 4.79 Å². The minimum atomic E-state index is -0.625. The number of H-pyrrole nitrogens is 1. The SMILES string of the molecule is CC(C)(C)c1ccc(-c2ncc(C[C@H](N)C(=O)NCc3ccccc3)[nH]2)cc1. The van der Waals surface area contributed by atoms with Gasteiger partial charge < -0.3 is 16.0 Å². The van der Waals surface area contributed by atoms with Crippen molar-refractivity contribution in [3.63, 3.8) is 0 Å². The number of hydrogen-bond donors (Lipinski definition) is 3. The Kier molecular flexibility index (Phi) is 5.95. The second kappa shape index (κ2) is 8.40. The van der Waals surface area contributed by atoms with Crippen LogP contribution in [0.5, 0.6) is 0 Å². The maximum absolute atomic E-state index is 12.3. The molecule has 0 saturated carbocycles. The van der Waals surface area contributed by atoms with Crippen LogP contribution in [0.25, 0.3) is 11.4 Å². The van der Waals surface area contributed by atoms with Crippen molar-refractivity contribution in [1.82, 2.24) is 15.3 Å². The van der Waals surface area contributed by atoms with E-state index in [9.17, 15) is 4.79 Å².